The first-order valence-corrected chi connectivity index (χ1v) is 10.9. The van der Waals surface area contributed by atoms with Crippen LogP contribution in [0.1, 0.15) is 34.8 Å². The summed E-state index contributed by atoms with van der Waals surface area (Å²) in [5.41, 5.74) is 9.78. The molecule has 2 aromatic heterocycles. The Morgan fingerprint density at radius 3 is 2.82 bits per heavy atom. The Morgan fingerprint density at radius 1 is 1.21 bits per heavy atom. The van der Waals surface area contributed by atoms with Crippen LogP contribution in [0.25, 0.3) is 22.3 Å². The average molecular weight is 446 g/mol. The summed E-state index contributed by atoms with van der Waals surface area (Å²) in [6.45, 7) is 2.17. The first-order valence-electron chi connectivity index (χ1n) is 10.9. The van der Waals surface area contributed by atoms with Gasteiger partial charge in [-0.25, -0.2) is 19.0 Å². The van der Waals surface area contributed by atoms with Gasteiger partial charge in [0.15, 0.2) is 5.65 Å². The van der Waals surface area contributed by atoms with Crippen molar-refractivity contribution in [2.45, 2.75) is 25.4 Å². The van der Waals surface area contributed by atoms with Crippen LogP contribution < -0.4 is 16.4 Å². The number of carbonyl (C=O) groups excluding carboxylic acids is 1. The zero-order chi connectivity index (χ0) is 22.8. The molecule has 1 aliphatic rings. The molecule has 4 N–H and O–H groups in total. The van der Waals surface area contributed by atoms with E-state index in [-0.39, 0.29) is 17.5 Å². The number of halogens is 1. The molecule has 1 amide bonds. The summed E-state index contributed by atoms with van der Waals surface area (Å²) in [5, 5.41) is 11.9. The van der Waals surface area contributed by atoms with E-state index >= 15 is 0 Å². The van der Waals surface area contributed by atoms with Crippen LogP contribution in [0.3, 0.4) is 0 Å². The Morgan fingerprint density at radius 2 is 2.06 bits per heavy atom. The van der Waals surface area contributed by atoms with Gasteiger partial charge in [0.25, 0.3) is 5.91 Å². The molecule has 0 unspecified atom stereocenters. The Hall–Kier alpha value is -3.85. The number of rotatable bonds is 5. The van der Waals surface area contributed by atoms with E-state index < -0.39 is 5.82 Å². The number of piperidine rings is 1. The van der Waals surface area contributed by atoms with Crippen LogP contribution in [0.15, 0.2) is 54.9 Å². The third-order valence-electron chi connectivity index (χ3n) is 5.90. The highest BCUT2D eigenvalue weighted by Crippen LogP contribution is 2.32. The topological polar surface area (TPSA) is 111 Å². The van der Waals surface area contributed by atoms with Gasteiger partial charge in [0.2, 0.25) is 0 Å². The van der Waals surface area contributed by atoms with E-state index in [2.05, 4.69) is 20.6 Å². The number of carbonyl (C=O) groups is 1. The minimum absolute atomic E-state index is 0.210. The highest BCUT2D eigenvalue weighted by molar-refractivity contribution is 5.98. The molecule has 0 saturated carbocycles. The van der Waals surface area contributed by atoms with Crippen LogP contribution in [0.2, 0.25) is 0 Å². The lowest BCUT2D eigenvalue weighted by molar-refractivity contribution is 0.0950. The molecular formula is C24H24FN7O. The van der Waals surface area contributed by atoms with E-state index in [0.717, 1.165) is 53.8 Å². The number of fused-ring (bicyclic) bond motifs is 1. The Bertz CT molecular complexity index is 1300. The van der Waals surface area contributed by atoms with E-state index in [4.69, 9.17) is 10.8 Å². The van der Waals surface area contributed by atoms with Crippen LogP contribution in [0, 0.1) is 5.82 Å². The molecule has 0 spiro atoms. The second-order valence-electron chi connectivity index (χ2n) is 8.14. The molecule has 1 saturated heterocycles. The Labute approximate surface area is 190 Å². The quantitative estimate of drug-likeness (QED) is 0.435. The number of aromatic nitrogens is 4. The largest absolute Gasteiger partial charge is 0.383 e. The first-order chi connectivity index (χ1) is 16.1. The van der Waals surface area contributed by atoms with Gasteiger partial charge in [-0.2, -0.15) is 5.10 Å². The van der Waals surface area contributed by atoms with Crippen LogP contribution >= 0.6 is 0 Å². The van der Waals surface area contributed by atoms with Crippen LogP contribution in [0.4, 0.5) is 10.2 Å². The lowest BCUT2D eigenvalue weighted by Crippen LogP contribution is -2.32. The van der Waals surface area contributed by atoms with Gasteiger partial charge >= 0.3 is 0 Å². The van der Waals surface area contributed by atoms with Gasteiger partial charge < -0.3 is 16.4 Å². The fourth-order valence-corrected chi connectivity index (χ4v) is 4.19. The molecule has 1 fully saturated rings. The fraction of sp³-hybridized carbons (Fsp3) is 0.250. The maximum atomic E-state index is 13.3. The highest BCUT2D eigenvalue weighted by atomic mass is 19.1. The molecule has 0 radical (unpaired) electrons. The summed E-state index contributed by atoms with van der Waals surface area (Å²) >= 11 is 0. The van der Waals surface area contributed by atoms with Crippen LogP contribution in [-0.4, -0.2) is 38.7 Å². The van der Waals surface area contributed by atoms with Crippen molar-refractivity contribution < 1.29 is 9.18 Å². The summed E-state index contributed by atoms with van der Waals surface area (Å²) in [4.78, 5) is 20.9. The van der Waals surface area contributed by atoms with E-state index in [1.54, 1.807) is 6.07 Å². The second-order valence-corrected chi connectivity index (χ2v) is 8.14. The maximum absolute atomic E-state index is 13.3. The van der Waals surface area contributed by atoms with Crippen molar-refractivity contribution in [3.05, 3.63) is 71.8 Å². The monoisotopic (exact) mass is 445 g/mol. The standard InChI is InChI=1S/C24H24FN7O/c25-18-4-1-3-17(11-18)24(33)28-12-15-6-8-16(9-7-15)21-20-22(26)29-14-30-23(20)32(31-21)19-5-2-10-27-13-19/h1,3-4,6-9,11,14,19,27H,2,5,10,12-13H2,(H,28,33)(H2,26,29,30)/t19-/m1/s1. The van der Waals surface area contributed by atoms with E-state index in [1.807, 2.05) is 28.9 Å². The normalized spacial score (nSPS) is 16.1. The zero-order valence-electron chi connectivity index (χ0n) is 18.0. The van der Waals surface area contributed by atoms with Crippen molar-refractivity contribution in [2.75, 3.05) is 18.8 Å². The van der Waals surface area contributed by atoms with Gasteiger partial charge in [0, 0.05) is 24.2 Å². The summed E-state index contributed by atoms with van der Waals surface area (Å²) in [6, 6.07) is 13.6. The number of nitrogens with two attached hydrogens (primary N) is 1. The smallest absolute Gasteiger partial charge is 0.251 e. The lowest BCUT2D eigenvalue weighted by Gasteiger charge is -2.23. The fourth-order valence-electron chi connectivity index (χ4n) is 4.19. The van der Waals surface area contributed by atoms with E-state index in [1.165, 1.54) is 24.5 Å². The molecule has 1 aliphatic heterocycles. The maximum Gasteiger partial charge on any atom is 0.251 e. The molecule has 33 heavy (non-hydrogen) atoms. The van der Waals surface area contributed by atoms with Gasteiger partial charge in [-0.3, -0.25) is 4.79 Å². The Balaban J connectivity index is 1.39. The molecule has 9 heteroatoms. The van der Waals surface area contributed by atoms with Crippen molar-refractivity contribution >= 4 is 22.8 Å². The number of nitrogen functional groups attached to an aromatic ring is 1. The summed E-state index contributed by atoms with van der Waals surface area (Å²) in [7, 11) is 0. The summed E-state index contributed by atoms with van der Waals surface area (Å²) < 4.78 is 15.3. The van der Waals surface area contributed by atoms with Crippen molar-refractivity contribution in [1.82, 2.24) is 30.4 Å². The predicted molar refractivity (Wildman–Crippen MR) is 124 cm³/mol. The zero-order valence-corrected chi connectivity index (χ0v) is 18.0. The molecule has 2 aromatic carbocycles. The summed E-state index contributed by atoms with van der Waals surface area (Å²) in [5.74, 6) is -0.364. The second kappa shape index (κ2) is 8.95. The number of benzene rings is 2. The van der Waals surface area contributed by atoms with Crippen molar-refractivity contribution in [1.29, 1.82) is 0 Å². The predicted octanol–water partition coefficient (Wildman–Crippen LogP) is 3.07. The van der Waals surface area contributed by atoms with Gasteiger partial charge in [-0.05, 0) is 43.1 Å². The van der Waals surface area contributed by atoms with Crippen molar-refractivity contribution in [3.63, 3.8) is 0 Å². The molecule has 0 bridgehead atoms. The van der Waals surface area contributed by atoms with Gasteiger partial charge in [0.05, 0.1) is 11.4 Å². The molecule has 0 aliphatic carbocycles. The lowest BCUT2D eigenvalue weighted by atomic mass is 10.1. The van der Waals surface area contributed by atoms with E-state index in [9.17, 15) is 9.18 Å². The number of nitrogens with one attached hydrogen (secondary N) is 2. The van der Waals surface area contributed by atoms with Crippen LogP contribution in [0.5, 0.6) is 0 Å². The average Bonchev–Trinajstić information content (AvgIpc) is 3.24. The highest BCUT2D eigenvalue weighted by Gasteiger charge is 2.23. The Kier molecular flexibility index (Phi) is 5.70. The van der Waals surface area contributed by atoms with Crippen molar-refractivity contribution in [2.24, 2.45) is 0 Å². The number of nitrogens with zero attached hydrogens (tertiary/aromatic N) is 4. The van der Waals surface area contributed by atoms with Gasteiger partial charge in [-0.15, -0.1) is 0 Å². The number of amides is 1. The third kappa shape index (κ3) is 4.27. The first kappa shape index (κ1) is 21.0. The van der Waals surface area contributed by atoms with Crippen molar-refractivity contribution in [3.8, 4) is 11.3 Å². The van der Waals surface area contributed by atoms with Gasteiger partial charge in [-0.1, -0.05) is 30.3 Å². The molecule has 168 valence electrons. The van der Waals surface area contributed by atoms with Gasteiger partial charge in [0.1, 0.15) is 23.7 Å². The van der Waals surface area contributed by atoms with Crippen LogP contribution in [-0.2, 0) is 6.54 Å². The minimum Gasteiger partial charge on any atom is -0.383 e. The molecular weight excluding hydrogens is 421 g/mol. The molecule has 4 aromatic rings. The SMILES string of the molecule is Nc1ncnc2c1c(-c1ccc(CNC(=O)c3cccc(F)c3)cc1)nn2[C@@H]1CCCNC1. The third-order valence-corrected chi connectivity index (χ3v) is 5.90. The summed E-state index contributed by atoms with van der Waals surface area (Å²) in [6.07, 6.45) is 3.58. The number of hydrogen-bond acceptors (Lipinski definition) is 6. The molecule has 3 heterocycles. The molecule has 8 nitrogen and oxygen atoms in total. The molecule has 5 rings (SSSR count). The van der Waals surface area contributed by atoms with E-state index in [0.29, 0.717) is 12.4 Å². The number of hydrogen-bond donors (Lipinski definition) is 3. The molecule has 1 atom stereocenters. The minimum atomic E-state index is -0.439. The number of anilines is 1.